The minimum atomic E-state index is -2.85. The highest BCUT2D eigenvalue weighted by molar-refractivity contribution is 7.91. The second-order valence-electron chi connectivity index (χ2n) is 4.08. The molecule has 1 N–H and O–H groups in total. The number of pyridine rings is 1. The molecule has 0 unspecified atom stereocenters. The maximum atomic E-state index is 11.3. The molecular formula is C10H12N4O2S. The summed E-state index contributed by atoms with van der Waals surface area (Å²) in [6.45, 7) is 1.01. The van der Waals surface area contributed by atoms with Crippen LogP contribution in [-0.2, 0) is 9.84 Å². The number of imidazole rings is 1. The van der Waals surface area contributed by atoms with Gasteiger partial charge in [-0.05, 0) is 12.1 Å². The van der Waals surface area contributed by atoms with Crippen molar-refractivity contribution < 1.29 is 8.42 Å². The molecule has 17 heavy (non-hydrogen) atoms. The van der Waals surface area contributed by atoms with E-state index in [-0.39, 0.29) is 11.5 Å². The molecule has 2 aromatic heterocycles. The van der Waals surface area contributed by atoms with E-state index >= 15 is 0 Å². The van der Waals surface area contributed by atoms with Crippen molar-refractivity contribution >= 4 is 26.8 Å². The second kappa shape index (κ2) is 3.69. The number of sulfone groups is 1. The Morgan fingerprint density at radius 2 is 2.00 bits per heavy atom. The molecular weight excluding hydrogens is 240 g/mol. The number of nitrogens with zero attached hydrogens (tertiary/aromatic N) is 3. The van der Waals surface area contributed by atoms with Crippen molar-refractivity contribution in [1.82, 2.24) is 15.0 Å². The average Bonchev–Trinajstić information content (AvgIpc) is 2.76. The zero-order valence-electron chi connectivity index (χ0n) is 9.13. The third kappa shape index (κ3) is 1.97. The zero-order chi connectivity index (χ0) is 11.9. The monoisotopic (exact) mass is 252 g/mol. The van der Waals surface area contributed by atoms with Crippen molar-refractivity contribution in [3.8, 4) is 0 Å². The molecule has 0 spiro atoms. The van der Waals surface area contributed by atoms with E-state index < -0.39 is 9.84 Å². The Labute approximate surface area is 98.6 Å². The molecule has 2 aromatic rings. The molecule has 0 radical (unpaired) electrons. The first-order valence-electron chi connectivity index (χ1n) is 5.40. The Morgan fingerprint density at radius 3 is 2.76 bits per heavy atom. The van der Waals surface area contributed by atoms with Crippen LogP contribution in [0.25, 0.3) is 11.2 Å². The van der Waals surface area contributed by atoms with Crippen molar-refractivity contribution in [2.45, 2.75) is 0 Å². The van der Waals surface area contributed by atoms with Gasteiger partial charge in [0, 0.05) is 13.1 Å². The molecule has 3 rings (SSSR count). The first-order valence-corrected chi connectivity index (χ1v) is 7.22. The van der Waals surface area contributed by atoms with E-state index in [4.69, 9.17) is 0 Å². The van der Waals surface area contributed by atoms with Crippen LogP contribution in [-0.4, -0.2) is 48.0 Å². The Morgan fingerprint density at radius 1 is 1.24 bits per heavy atom. The Bertz CT molecular complexity index is 635. The van der Waals surface area contributed by atoms with E-state index in [9.17, 15) is 8.42 Å². The van der Waals surface area contributed by atoms with Gasteiger partial charge in [-0.2, -0.15) is 0 Å². The maximum Gasteiger partial charge on any atom is 0.179 e. The normalized spacial score (nSPS) is 19.6. The first kappa shape index (κ1) is 10.5. The lowest BCUT2D eigenvalue weighted by molar-refractivity contribution is 0.586. The fourth-order valence-corrected chi connectivity index (χ4v) is 3.13. The van der Waals surface area contributed by atoms with Crippen LogP contribution in [0.3, 0.4) is 0 Å². The van der Waals surface area contributed by atoms with Gasteiger partial charge in [-0.1, -0.05) is 0 Å². The van der Waals surface area contributed by atoms with Gasteiger partial charge in [0.1, 0.15) is 5.82 Å². The van der Waals surface area contributed by atoms with Crippen LogP contribution in [0.15, 0.2) is 18.5 Å². The standard InChI is InChI=1S/C10H12N4O2S/c15-17(16)5-3-14(4-6-17)9-2-1-8-10(13-9)12-7-11-8/h1-2,7H,3-6H2,(H,11,12,13). The number of anilines is 1. The van der Waals surface area contributed by atoms with Gasteiger partial charge in [-0.25, -0.2) is 18.4 Å². The Hall–Kier alpha value is -1.63. The molecule has 0 atom stereocenters. The molecule has 0 amide bonds. The SMILES string of the molecule is O=S1(=O)CCN(c2ccc3[nH]cnc3n2)CC1. The first-order chi connectivity index (χ1) is 8.14. The summed E-state index contributed by atoms with van der Waals surface area (Å²) in [6, 6.07) is 3.80. The number of H-pyrrole nitrogens is 1. The predicted molar refractivity (Wildman–Crippen MR) is 64.8 cm³/mol. The third-order valence-corrected chi connectivity index (χ3v) is 4.54. The summed E-state index contributed by atoms with van der Waals surface area (Å²) in [5.41, 5.74) is 1.55. The molecule has 0 saturated carbocycles. The van der Waals surface area contributed by atoms with Gasteiger partial charge >= 0.3 is 0 Å². The highest BCUT2D eigenvalue weighted by atomic mass is 32.2. The maximum absolute atomic E-state index is 11.3. The van der Waals surface area contributed by atoms with Crippen molar-refractivity contribution in [2.24, 2.45) is 0 Å². The van der Waals surface area contributed by atoms with Gasteiger partial charge in [-0.15, -0.1) is 0 Å². The largest absolute Gasteiger partial charge is 0.355 e. The van der Waals surface area contributed by atoms with E-state index in [0.717, 1.165) is 11.3 Å². The van der Waals surface area contributed by atoms with Gasteiger partial charge in [0.2, 0.25) is 0 Å². The van der Waals surface area contributed by atoms with E-state index in [0.29, 0.717) is 18.7 Å². The predicted octanol–water partition coefficient (Wildman–Crippen LogP) is 0.193. The fraction of sp³-hybridized carbons (Fsp3) is 0.400. The smallest absolute Gasteiger partial charge is 0.179 e. The number of hydrogen-bond donors (Lipinski definition) is 1. The van der Waals surface area contributed by atoms with Crippen LogP contribution < -0.4 is 4.90 Å². The van der Waals surface area contributed by atoms with Gasteiger partial charge in [0.15, 0.2) is 15.5 Å². The lowest BCUT2D eigenvalue weighted by atomic mass is 10.4. The summed E-state index contributed by atoms with van der Waals surface area (Å²) >= 11 is 0. The molecule has 0 bridgehead atoms. The summed E-state index contributed by atoms with van der Waals surface area (Å²) < 4.78 is 22.7. The lowest BCUT2D eigenvalue weighted by Gasteiger charge is -2.27. The topological polar surface area (TPSA) is 79.0 Å². The van der Waals surface area contributed by atoms with Crippen molar-refractivity contribution in [2.75, 3.05) is 29.5 Å². The second-order valence-corrected chi connectivity index (χ2v) is 6.39. The minimum absolute atomic E-state index is 0.202. The van der Waals surface area contributed by atoms with E-state index in [1.165, 1.54) is 0 Å². The summed E-state index contributed by atoms with van der Waals surface area (Å²) in [5.74, 6) is 1.19. The van der Waals surface area contributed by atoms with Crippen molar-refractivity contribution in [3.63, 3.8) is 0 Å². The number of fused-ring (bicyclic) bond motifs is 1. The quantitative estimate of drug-likeness (QED) is 0.784. The van der Waals surface area contributed by atoms with E-state index in [1.54, 1.807) is 6.33 Å². The van der Waals surface area contributed by atoms with Gasteiger partial charge in [-0.3, -0.25) is 0 Å². The number of hydrogen-bond acceptors (Lipinski definition) is 5. The minimum Gasteiger partial charge on any atom is -0.355 e. The summed E-state index contributed by atoms with van der Waals surface area (Å²) in [5, 5.41) is 0. The summed E-state index contributed by atoms with van der Waals surface area (Å²) in [6.07, 6.45) is 1.60. The lowest BCUT2D eigenvalue weighted by Crippen LogP contribution is -2.40. The fourth-order valence-electron chi connectivity index (χ4n) is 1.93. The Kier molecular flexibility index (Phi) is 2.29. The molecule has 1 aliphatic heterocycles. The molecule has 0 aromatic carbocycles. The molecule has 1 saturated heterocycles. The molecule has 1 aliphatic rings. The number of aromatic amines is 1. The molecule has 0 aliphatic carbocycles. The summed E-state index contributed by atoms with van der Waals surface area (Å²) in [4.78, 5) is 13.4. The Balaban J connectivity index is 1.89. The van der Waals surface area contributed by atoms with Crippen LogP contribution >= 0.6 is 0 Å². The van der Waals surface area contributed by atoms with Crippen LogP contribution in [0.2, 0.25) is 0 Å². The van der Waals surface area contributed by atoms with Crippen LogP contribution in [0.1, 0.15) is 0 Å². The van der Waals surface area contributed by atoms with E-state index in [1.807, 2.05) is 17.0 Å². The van der Waals surface area contributed by atoms with E-state index in [2.05, 4.69) is 15.0 Å². The number of rotatable bonds is 1. The number of aromatic nitrogens is 3. The number of nitrogens with one attached hydrogen (secondary N) is 1. The van der Waals surface area contributed by atoms with Crippen molar-refractivity contribution in [1.29, 1.82) is 0 Å². The molecule has 6 nitrogen and oxygen atoms in total. The molecule has 90 valence electrons. The van der Waals surface area contributed by atoms with Gasteiger partial charge in [0.25, 0.3) is 0 Å². The average molecular weight is 252 g/mol. The highest BCUT2D eigenvalue weighted by Gasteiger charge is 2.22. The zero-order valence-corrected chi connectivity index (χ0v) is 9.94. The highest BCUT2D eigenvalue weighted by Crippen LogP contribution is 2.17. The van der Waals surface area contributed by atoms with Crippen LogP contribution in [0.4, 0.5) is 5.82 Å². The molecule has 1 fully saturated rings. The van der Waals surface area contributed by atoms with Gasteiger partial charge in [0.05, 0.1) is 23.3 Å². The van der Waals surface area contributed by atoms with Crippen LogP contribution in [0, 0.1) is 0 Å². The van der Waals surface area contributed by atoms with Crippen LogP contribution in [0.5, 0.6) is 0 Å². The molecule has 3 heterocycles. The summed E-state index contributed by atoms with van der Waals surface area (Å²) in [7, 11) is -2.85. The third-order valence-electron chi connectivity index (χ3n) is 2.94. The van der Waals surface area contributed by atoms with Crippen molar-refractivity contribution in [3.05, 3.63) is 18.5 Å². The van der Waals surface area contributed by atoms with Gasteiger partial charge < -0.3 is 9.88 Å². The molecule has 7 heteroatoms.